The first-order valence-electron chi connectivity index (χ1n) is 8.93. The largest absolute Gasteiger partial charge is 0.450 e. The maximum atomic E-state index is 12.8. The van der Waals surface area contributed by atoms with E-state index in [1.165, 1.54) is 30.5 Å². The highest BCUT2D eigenvalue weighted by Gasteiger charge is 2.30. The highest BCUT2D eigenvalue weighted by molar-refractivity contribution is 5.94. The van der Waals surface area contributed by atoms with Crippen LogP contribution in [0.2, 0.25) is 0 Å². The number of alkyl halides is 3. The van der Waals surface area contributed by atoms with E-state index in [0.29, 0.717) is 5.82 Å². The topological polar surface area (TPSA) is 86.4 Å². The van der Waals surface area contributed by atoms with Gasteiger partial charge in [0.05, 0.1) is 11.8 Å². The Morgan fingerprint density at radius 2 is 1.97 bits per heavy atom. The minimum Gasteiger partial charge on any atom is -0.450 e. The molecule has 2 aromatic heterocycles. The number of benzene rings is 1. The molecule has 0 fully saturated rings. The molecule has 0 aliphatic heterocycles. The van der Waals surface area contributed by atoms with Crippen molar-refractivity contribution in [3.63, 3.8) is 0 Å². The van der Waals surface area contributed by atoms with Crippen molar-refractivity contribution in [2.24, 2.45) is 0 Å². The SMILES string of the molecule is CC(C)n1nccc1NC(=O)COC(=O)c1ccc(-c2cccc(C(F)(F)F)c2)o1. The van der Waals surface area contributed by atoms with Gasteiger partial charge in [0, 0.05) is 17.7 Å². The van der Waals surface area contributed by atoms with Crippen LogP contribution in [0.25, 0.3) is 11.3 Å². The van der Waals surface area contributed by atoms with Crippen LogP contribution in [0.3, 0.4) is 0 Å². The smallest absolute Gasteiger partial charge is 0.416 e. The average molecular weight is 421 g/mol. The van der Waals surface area contributed by atoms with E-state index in [0.717, 1.165) is 12.1 Å². The van der Waals surface area contributed by atoms with Gasteiger partial charge in [0.15, 0.2) is 6.61 Å². The van der Waals surface area contributed by atoms with Crippen molar-refractivity contribution >= 4 is 17.7 Å². The number of ether oxygens (including phenoxy) is 1. The van der Waals surface area contributed by atoms with Gasteiger partial charge in [0.1, 0.15) is 11.6 Å². The molecule has 0 aliphatic rings. The Kier molecular flexibility index (Phi) is 5.95. The number of anilines is 1. The molecule has 0 spiro atoms. The molecular weight excluding hydrogens is 403 g/mol. The number of nitrogens with one attached hydrogen (secondary N) is 1. The summed E-state index contributed by atoms with van der Waals surface area (Å²) in [5.74, 6) is -1.20. The fraction of sp³-hybridized carbons (Fsp3) is 0.250. The lowest BCUT2D eigenvalue weighted by Crippen LogP contribution is -2.22. The Morgan fingerprint density at radius 3 is 2.67 bits per heavy atom. The maximum Gasteiger partial charge on any atom is 0.416 e. The van der Waals surface area contributed by atoms with Gasteiger partial charge in [-0.25, -0.2) is 9.48 Å². The monoisotopic (exact) mass is 421 g/mol. The summed E-state index contributed by atoms with van der Waals surface area (Å²) in [5, 5.41) is 6.65. The van der Waals surface area contributed by atoms with Crippen molar-refractivity contribution in [1.29, 1.82) is 0 Å². The van der Waals surface area contributed by atoms with Crippen LogP contribution in [-0.2, 0) is 15.7 Å². The lowest BCUT2D eigenvalue weighted by Gasteiger charge is -2.11. The average Bonchev–Trinajstić information content (AvgIpc) is 3.35. The third-order valence-electron chi connectivity index (χ3n) is 4.04. The van der Waals surface area contributed by atoms with E-state index < -0.39 is 30.2 Å². The van der Waals surface area contributed by atoms with Gasteiger partial charge >= 0.3 is 12.1 Å². The Morgan fingerprint density at radius 1 is 1.20 bits per heavy atom. The second-order valence-corrected chi connectivity index (χ2v) is 6.62. The predicted octanol–water partition coefficient (Wildman–Crippen LogP) is 4.54. The van der Waals surface area contributed by atoms with Crippen molar-refractivity contribution in [3.05, 3.63) is 60.0 Å². The van der Waals surface area contributed by atoms with E-state index in [4.69, 9.17) is 9.15 Å². The summed E-state index contributed by atoms with van der Waals surface area (Å²) >= 11 is 0. The predicted molar refractivity (Wildman–Crippen MR) is 101 cm³/mol. The first kappa shape index (κ1) is 21.2. The quantitative estimate of drug-likeness (QED) is 0.591. The molecule has 2 heterocycles. The molecule has 7 nitrogen and oxygen atoms in total. The molecule has 0 saturated carbocycles. The number of carbonyl (C=O) groups excluding carboxylic acids is 2. The van der Waals surface area contributed by atoms with Crippen molar-refractivity contribution in [2.45, 2.75) is 26.1 Å². The van der Waals surface area contributed by atoms with Crippen LogP contribution in [0.1, 0.15) is 36.0 Å². The summed E-state index contributed by atoms with van der Waals surface area (Å²) in [6, 6.07) is 8.77. The van der Waals surface area contributed by atoms with Crippen LogP contribution in [0.4, 0.5) is 19.0 Å². The zero-order chi connectivity index (χ0) is 21.9. The zero-order valence-corrected chi connectivity index (χ0v) is 16.1. The summed E-state index contributed by atoms with van der Waals surface area (Å²) in [4.78, 5) is 24.1. The van der Waals surface area contributed by atoms with Crippen LogP contribution in [0.15, 0.2) is 53.1 Å². The minimum atomic E-state index is -4.50. The maximum absolute atomic E-state index is 12.8. The Labute approximate surface area is 169 Å². The molecule has 3 rings (SSSR count). The number of nitrogens with zero attached hydrogens (tertiary/aromatic N) is 2. The normalized spacial score (nSPS) is 11.5. The van der Waals surface area contributed by atoms with Crippen LogP contribution in [0.5, 0.6) is 0 Å². The van der Waals surface area contributed by atoms with E-state index >= 15 is 0 Å². The lowest BCUT2D eigenvalue weighted by molar-refractivity contribution is -0.137. The summed E-state index contributed by atoms with van der Waals surface area (Å²) in [5.41, 5.74) is -0.679. The number of aromatic nitrogens is 2. The minimum absolute atomic E-state index is 0.0234. The van der Waals surface area contributed by atoms with Gasteiger partial charge in [-0.3, -0.25) is 4.79 Å². The Bertz CT molecular complexity index is 1050. The third-order valence-corrected chi connectivity index (χ3v) is 4.04. The molecule has 0 atom stereocenters. The standard InChI is InChI=1S/C20H18F3N3O4/c1-12(2)26-17(8-9-24-26)25-18(27)11-29-19(28)16-7-6-15(30-16)13-4-3-5-14(10-13)20(21,22)23/h3-10,12H,11H2,1-2H3,(H,25,27). The molecule has 10 heteroatoms. The number of hydrogen-bond donors (Lipinski definition) is 1. The number of furan rings is 1. The molecule has 0 radical (unpaired) electrons. The van der Waals surface area contributed by atoms with E-state index in [2.05, 4.69) is 10.4 Å². The number of amides is 1. The second-order valence-electron chi connectivity index (χ2n) is 6.62. The summed E-state index contributed by atoms with van der Waals surface area (Å²) < 4.78 is 50.4. The van der Waals surface area contributed by atoms with Gasteiger partial charge < -0.3 is 14.5 Å². The van der Waals surface area contributed by atoms with Crippen LogP contribution < -0.4 is 5.32 Å². The van der Waals surface area contributed by atoms with E-state index in [1.54, 1.807) is 10.7 Å². The Balaban J connectivity index is 1.61. The van der Waals surface area contributed by atoms with Crippen LogP contribution >= 0.6 is 0 Å². The fourth-order valence-corrected chi connectivity index (χ4v) is 2.66. The van der Waals surface area contributed by atoms with Gasteiger partial charge in [-0.2, -0.15) is 18.3 Å². The highest BCUT2D eigenvalue weighted by Crippen LogP contribution is 2.32. The first-order chi connectivity index (χ1) is 14.1. The molecule has 0 saturated heterocycles. The van der Waals surface area contributed by atoms with Gasteiger partial charge in [0.25, 0.3) is 5.91 Å². The van der Waals surface area contributed by atoms with Crippen LogP contribution in [0, 0.1) is 0 Å². The second kappa shape index (κ2) is 8.44. The number of hydrogen-bond acceptors (Lipinski definition) is 5. The molecule has 30 heavy (non-hydrogen) atoms. The molecule has 1 aromatic carbocycles. The molecule has 0 unspecified atom stereocenters. The lowest BCUT2D eigenvalue weighted by atomic mass is 10.1. The van der Waals surface area contributed by atoms with Crippen molar-refractivity contribution in [1.82, 2.24) is 9.78 Å². The van der Waals surface area contributed by atoms with Gasteiger partial charge in [-0.1, -0.05) is 12.1 Å². The molecule has 1 N–H and O–H groups in total. The number of rotatable bonds is 6. The summed E-state index contributed by atoms with van der Waals surface area (Å²) in [6.07, 6.45) is -2.97. The first-order valence-corrected chi connectivity index (χ1v) is 8.93. The molecular formula is C20H18F3N3O4. The summed E-state index contributed by atoms with van der Waals surface area (Å²) in [7, 11) is 0. The van der Waals surface area contributed by atoms with E-state index in [9.17, 15) is 22.8 Å². The number of halogens is 3. The third kappa shape index (κ3) is 4.88. The summed E-state index contributed by atoms with van der Waals surface area (Å²) in [6.45, 7) is 3.21. The van der Waals surface area contributed by atoms with Crippen molar-refractivity contribution in [2.75, 3.05) is 11.9 Å². The van der Waals surface area contributed by atoms with Gasteiger partial charge in [0.2, 0.25) is 5.76 Å². The highest BCUT2D eigenvalue weighted by atomic mass is 19.4. The fourth-order valence-electron chi connectivity index (χ4n) is 2.66. The van der Waals surface area contributed by atoms with Crippen molar-refractivity contribution < 1.29 is 31.9 Å². The molecule has 0 bridgehead atoms. The van der Waals surface area contributed by atoms with Gasteiger partial charge in [-0.15, -0.1) is 0 Å². The molecule has 158 valence electrons. The Hall–Kier alpha value is -3.56. The molecule has 3 aromatic rings. The van der Waals surface area contributed by atoms with Gasteiger partial charge in [-0.05, 0) is 38.1 Å². The molecule has 0 aliphatic carbocycles. The van der Waals surface area contributed by atoms with E-state index in [1.807, 2.05) is 13.8 Å². The molecule has 1 amide bonds. The number of carbonyl (C=O) groups is 2. The van der Waals surface area contributed by atoms with Crippen LogP contribution in [-0.4, -0.2) is 28.3 Å². The number of esters is 1. The van der Waals surface area contributed by atoms with Crippen molar-refractivity contribution in [3.8, 4) is 11.3 Å². The van der Waals surface area contributed by atoms with E-state index in [-0.39, 0.29) is 23.1 Å². The zero-order valence-electron chi connectivity index (χ0n) is 16.1.